The molecule has 3 aromatic heterocycles. The largest absolute Gasteiger partial charge is 0.491 e. The highest BCUT2D eigenvalue weighted by atomic mass is 19.1. The minimum Gasteiger partial charge on any atom is -0.491 e. The first-order valence-electron chi connectivity index (χ1n) is 12.6. The van der Waals surface area contributed by atoms with Crippen molar-refractivity contribution in [2.45, 2.75) is 13.8 Å². The number of pyridine rings is 2. The lowest BCUT2D eigenvalue weighted by Gasteiger charge is -2.14. The number of anilines is 1. The van der Waals surface area contributed by atoms with Crippen LogP contribution in [0.4, 0.5) is 14.5 Å². The quantitative estimate of drug-likeness (QED) is 0.277. The van der Waals surface area contributed by atoms with Crippen molar-refractivity contribution in [3.05, 3.63) is 93.4 Å². The third kappa shape index (κ3) is 5.21. The molecule has 0 aliphatic carbocycles. The highest BCUT2D eigenvalue weighted by Gasteiger charge is 2.22. The molecule has 0 saturated carbocycles. The smallest absolute Gasteiger partial charge is 0.261 e. The molecule has 0 spiro atoms. The summed E-state index contributed by atoms with van der Waals surface area (Å²) in [6, 6.07) is 10.9. The fraction of sp³-hybridized carbons (Fsp3) is 0.167. The summed E-state index contributed by atoms with van der Waals surface area (Å²) in [5.74, 6) is -1.33. The summed E-state index contributed by atoms with van der Waals surface area (Å²) in [4.78, 5) is 35.3. The van der Waals surface area contributed by atoms with E-state index in [9.17, 15) is 14.0 Å². The number of nitrogens with one attached hydrogen (secondary N) is 1. The van der Waals surface area contributed by atoms with Gasteiger partial charge < -0.3 is 19.5 Å². The number of fused-ring (bicyclic) bond motifs is 1. The van der Waals surface area contributed by atoms with Crippen LogP contribution in [0.3, 0.4) is 0 Å². The zero-order valence-corrected chi connectivity index (χ0v) is 23.3. The number of benzene rings is 2. The number of amides is 1. The highest BCUT2D eigenvalue weighted by molar-refractivity contribution is 6.05. The van der Waals surface area contributed by atoms with E-state index in [1.165, 1.54) is 61.5 Å². The predicted molar refractivity (Wildman–Crippen MR) is 151 cm³/mol. The Bertz CT molecular complexity index is 1930. The molecule has 0 radical (unpaired) electrons. The van der Waals surface area contributed by atoms with E-state index < -0.39 is 23.0 Å². The first kappa shape index (κ1) is 28.1. The van der Waals surface area contributed by atoms with Gasteiger partial charge in [0.25, 0.3) is 11.8 Å². The minimum atomic E-state index is -0.778. The zero-order valence-electron chi connectivity index (χ0n) is 23.3. The number of carbonyl (C=O) groups excluding carboxylic acids is 1. The van der Waals surface area contributed by atoms with Crippen molar-refractivity contribution in [2.75, 3.05) is 19.5 Å². The Balaban J connectivity index is 1.44. The number of rotatable bonds is 7. The zero-order chi connectivity index (χ0) is 30.1. The van der Waals surface area contributed by atoms with Crippen LogP contribution in [0.5, 0.6) is 23.1 Å². The third-order valence-electron chi connectivity index (χ3n) is 6.64. The number of halogens is 2. The molecule has 5 rings (SSSR count). The van der Waals surface area contributed by atoms with E-state index in [2.05, 4.69) is 20.4 Å². The van der Waals surface area contributed by atoms with Crippen LogP contribution in [-0.4, -0.2) is 39.9 Å². The molecule has 2 aromatic carbocycles. The lowest BCUT2D eigenvalue weighted by molar-refractivity contribution is 0.102. The highest BCUT2D eigenvalue weighted by Crippen LogP contribution is 2.35. The first-order chi connectivity index (χ1) is 20.1. The Morgan fingerprint density at radius 2 is 1.74 bits per heavy atom. The van der Waals surface area contributed by atoms with Crippen molar-refractivity contribution in [2.24, 2.45) is 7.05 Å². The average molecular weight is 574 g/mol. The number of carbonyl (C=O) groups is 1. The number of methoxy groups -OCH3 is 2. The van der Waals surface area contributed by atoms with Crippen molar-refractivity contribution in [3.63, 3.8) is 0 Å². The number of nitrogens with zero attached hydrogens (tertiary/aromatic N) is 4. The monoisotopic (exact) mass is 573 g/mol. The second kappa shape index (κ2) is 11.2. The van der Waals surface area contributed by atoms with Crippen molar-refractivity contribution in [1.29, 1.82) is 0 Å². The SMILES string of the molecule is COc1cc2nccc(Oc3ccc(NC(=O)c4c(C)n(C)nc(-c5ccc(F)cc5C)c4=O)cc3F)c2nc1OC. The van der Waals surface area contributed by atoms with Crippen LogP contribution in [0.2, 0.25) is 0 Å². The molecule has 1 N–H and O–H groups in total. The maximum absolute atomic E-state index is 15.2. The molecular weight excluding hydrogens is 548 g/mol. The van der Waals surface area contributed by atoms with Gasteiger partial charge >= 0.3 is 0 Å². The average Bonchev–Trinajstić information content (AvgIpc) is 2.96. The maximum Gasteiger partial charge on any atom is 0.261 e. The molecule has 214 valence electrons. The summed E-state index contributed by atoms with van der Waals surface area (Å²) in [6.45, 7) is 3.21. The van der Waals surface area contributed by atoms with E-state index in [1.54, 1.807) is 27.0 Å². The molecule has 0 atom stereocenters. The maximum atomic E-state index is 15.2. The number of aryl methyl sites for hydroxylation is 2. The number of ether oxygens (including phenoxy) is 3. The second-order valence-corrected chi connectivity index (χ2v) is 9.30. The summed E-state index contributed by atoms with van der Waals surface area (Å²) < 4.78 is 46.5. The van der Waals surface area contributed by atoms with Crippen LogP contribution in [0, 0.1) is 25.5 Å². The molecule has 0 aliphatic heterocycles. The predicted octanol–water partition coefficient (Wildman–Crippen LogP) is 5.35. The van der Waals surface area contributed by atoms with Crippen LogP contribution in [0.1, 0.15) is 21.6 Å². The normalized spacial score (nSPS) is 10.9. The van der Waals surface area contributed by atoms with Crippen molar-refractivity contribution >= 4 is 22.6 Å². The molecule has 0 bridgehead atoms. The lowest BCUT2D eigenvalue weighted by atomic mass is 10.0. The Morgan fingerprint density at radius 1 is 0.952 bits per heavy atom. The van der Waals surface area contributed by atoms with Crippen molar-refractivity contribution in [1.82, 2.24) is 19.7 Å². The van der Waals surface area contributed by atoms with Gasteiger partial charge in [-0.3, -0.25) is 19.3 Å². The number of hydrogen-bond acceptors (Lipinski definition) is 8. The third-order valence-corrected chi connectivity index (χ3v) is 6.64. The van der Waals surface area contributed by atoms with Crippen LogP contribution >= 0.6 is 0 Å². The Hall–Kier alpha value is -5.39. The van der Waals surface area contributed by atoms with Crippen LogP contribution < -0.4 is 25.0 Å². The summed E-state index contributed by atoms with van der Waals surface area (Å²) in [7, 11) is 4.50. The Labute approximate surface area is 238 Å². The minimum absolute atomic E-state index is 0.00637. The Kier molecular flexibility index (Phi) is 7.53. The van der Waals surface area contributed by atoms with Crippen LogP contribution in [0.25, 0.3) is 22.3 Å². The van der Waals surface area contributed by atoms with E-state index in [-0.39, 0.29) is 34.3 Å². The second-order valence-electron chi connectivity index (χ2n) is 9.30. The van der Waals surface area contributed by atoms with E-state index in [0.717, 1.165) is 6.07 Å². The van der Waals surface area contributed by atoms with Crippen molar-refractivity contribution < 1.29 is 27.8 Å². The molecule has 0 saturated heterocycles. The van der Waals surface area contributed by atoms with Gasteiger partial charge in [0.05, 0.1) is 25.4 Å². The molecule has 12 heteroatoms. The molecule has 10 nitrogen and oxygen atoms in total. The summed E-state index contributed by atoms with van der Waals surface area (Å²) in [5, 5.41) is 6.86. The fourth-order valence-corrected chi connectivity index (χ4v) is 4.41. The number of hydrogen-bond donors (Lipinski definition) is 1. The standard InChI is InChI=1S/C30H25F2N5O5/c1-15-12-17(31)6-8-19(15)26-28(38)25(16(2)37(3)36-26)29(39)34-18-7-9-22(20(32)13-18)42-23-10-11-33-21-14-24(40-4)30(41-5)35-27(21)23/h6-14H,1-5H3,(H,34,39). The van der Waals surface area contributed by atoms with E-state index in [1.807, 2.05) is 0 Å². The van der Waals surface area contributed by atoms with Crippen LogP contribution in [-0.2, 0) is 7.05 Å². The molecule has 1 amide bonds. The molecule has 3 heterocycles. The fourth-order valence-electron chi connectivity index (χ4n) is 4.41. The van der Waals surface area contributed by atoms with Gasteiger partial charge in [0.1, 0.15) is 22.6 Å². The first-order valence-corrected chi connectivity index (χ1v) is 12.6. The molecular formula is C30H25F2N5O5. The van der Waals surface area contributed by atoms with Gasteiger partial charge in [-0.25, -0.2) is 13.8 Å². The summed E-state index contributed by atoms with van der Waals surface area (Å²) >= 11 is 0. The Morgan fingerprint density at radius 3 is 2.43 bits per heavy atom. The van der Waals surface area contributed by atoms with Gasteiger partial charge in [0.15, 0.2) is 23.1 Å². The van der Waals surface area contributed by atoms with E-state index in [0.29, 0.717) is 33.6 Å². The topological polar surface area (TPSA) is 117 Å². The molecule has 0 fully saturated rings. The lowest BCUT2D eigenvalue weighted by Crippen LogP contribution is -2.28. The van der Waals surface area contributed by atoms with Gasteiger partial charge in [-0.1, -0.05) is 0 Å². The van der Waals surface area contributed by atoms with E-state index in [4.69, 9.17) is 14.2 Å². The summed E-state index contributed by atoms with van der Waals surface area (Å²) in [5.41, 5.74) is 1.22. The molecule has 42 heavy (non-hydrogen) atoms. The molecule has 0 aliphatic rings. The van der Waals surface area contributed by atoms with Crippen molar-refractivity contribution in [3.8, 4) is 34.4 Å². The number of aromatic nitrogens is 4. The molecule has 5 aromatic rings. The van der Waals surface area contributed by atoms with Gasteiger partial charge in [0.2, 0.25) is 5.43 Å². The summed E-state index contributed by atoms with van der Waals surface area (Å²) in [6.07, 6.45) is 1.48. The van der Waals surface area contributed by atoms with Gasteiger partial charge in [-0.15, -0.1) is 0 Å². The van der Waals surface area contributed by atoms with E-state index >= 15 is 4.39 Å². The van der Waals surface area contributed by atoms with Gasteiger partial charge in [-0.2, -0.15) is 5.10 Å². The van der Waals surface area contributed by atoms with Gasteiger partial charge in [-0.05, 0) is 49.7 Å². The van der Waals surface area contributed by atoms with Gasteiger partial charge in [0, 0.05) is 42.7 Å². The van der Waals surface area contributed by atoms with Crippen LogP contribution in [0.15, 0.2) is 59.5 Å². The molecule has 0 unspecified atom stereocenters.